The van der Waals surface area contributed by atoms with Crippen molar-refractivity contribution in [3.05, 3.63) is 58.6 Å². The Morgan fingerprint density at radius 2 is 1.72 bits per heavy atom. The van der Waals surface area contributed by atoms with Gasteiger partial charge in [0.1, 0.15) is 11.8 Å². The lowest BCUT2D eigenvalue weighted by atomic mass is 10.2. The van der Waals surface area contributed by atoms with Crippen LogP contribution in [0.25, 0.3) is 11.4 Å². The lowest BCUT2D eigenvalue weighted by Gasteiger charge is -2.12. The van der Waals surface area contributed by atoms with E-state index >= 15 is 0 Å². The molecular formula is C17H10Cl2N4O2. The van der Waals surface area contributed by atoms with E-state index < -0.39 is 0 Å². The average molecular weight is 373 g/mol. The van der Waals surface area contributed by atoms with Crippen LogP contribution in [0, 0.1) is 11.3 Å². The summed E-state index contributed by atoms with van der Waals surface area (Å²) >= 11 is 12.4. The number of benzene rings is 1. The van der Waals surface area contributed by atoms with Crippen LogP contribution in [0.3, 0.4) is 0 Å². The van der Waals surface area contributed by atoms with E-state index in [-0.39, 0.29) is 27.6 Å². The smallest absolute Gasteiger partial charge is 0.202 e. The molecule has 2 heterocycles. The molecule has 0 aliphatic heterocycles. The maximum absolute atomic E-state index is 8.94. The molecule has 0 radical (unpaired) electrons. The van der Waals surface area contributed by atoms with Gasteiger partial charge in [0.15, 0.2) is 27.6 Å². The second-order valence-electron chi connectivity index (χ2n) is 4.75. The highest BCUT2D eigenvalue weighted by Crippen LogP contribution is 2.38. The number of rotatable bonds is 4. The maximum Gasteiger partial charge on any atom is 0.202 e. The minimum atomic E-state index is 0.0382. The molecule has 3 aromatic rings. The van der Waals surface area contributed by atoms with Gasteiger partial charge in [-0.05, 0) is 24.3 Å². The highest BCUT2D eigenvalue weighted by Gasteiger charge is 2.17. The lowest BCUT2D eigenvalue weighted by Crippen LogP contribution is -1.97. The third-order valence-electron chi connectivity index (χ3n) is 3.20. The van der Waals surface area contributed by atoms with Gasteiger partial charge in [-0.2, -0.15) is 5.26 Å². The van der Waals surface area contributed by atoms with Crippen LogP contribution in [0.2, 0.25) is 10.3 Å². The van der Waals surface area contributed by atoms with E-state index in [2.05, 4.69) is 15.0 Å². The Hall–Kier alpha value is -2.88. The zero-order valence-corrected chi connectivity index (χ0v) is 14.4. The molecule has 0 fully saturated rings. The number of pyridine rings is 1. The quantitative estimate of drug-likeness (QED) is 0.626. The normalized spacial score (nSPS) is 10.2. The van der Waals surface area contributed by atoms with Crippen molar-refractivity contribution >= 4 is 23.2 Å². The van der Waals surface area contributed by atoms with Crippen molar-refractivity contribution in [1.82, 2.24) is 15.0 Å². The van der Waals surface area contributed by atoms with Crippen LogP contribution in [0.15, 0.2) is 42.6 Å². The van der Waals surface area contributed by atoms with Gasteiger partial charge >= 0.3 is 0 Å². The van der Waals surface area contributed by atoms with Gasteiger partial charge in [0, 0.05) is 11.8 Å². The fourth-order valence-corrected chi connectivity index (χ4v) is 2.52. The van der Waals surface area contributed by atoms with Crippen molar-refractivity contribution in [2.24, 2.45) is 0 Å². The number of hydrogen-bond donors (Lipinski definition) is 0. The van der Waals surface area contributed by atoms with Gasteiger partial charge in [-0.1, -0.05) is 35.3 Å². The minimum absolute atomic E-state index is 0.0382. The lowest BCUT2D eigenvalue weighted by molar-refractivity contribution is 0.378. The van der Waals surface area contributed by atoms with Crippen molar-refractivity contribution in [2.75, 3.05) is 7.11 Å². The van der Waals surface area contributed by atoms with Gasteiger partial charge in [-0.3, -0.25) is 0 Å². The molecule has 3 rings (SSSR count). The fraction of sp³-hybridized carbons (Fsp3) is 0.0588. The molecule has 0 unspecified atom stereocenters. The molecule has 6 nitrogen and oxygen atoms in total. The van der Waals surface area contributed by atoms with Crippen molar-refractivity contribution in [2.45, 2.75) is 0 Å². The molecule has 2 aromatic heterocycles. The van der Waals surface area contributed by atoms with E-state index in [0.29, 0.717) is 17.1 Å². The summed E-state index contributed by atoms with van der Waals surface area (Å²) in [4.78, 5) is 12.3. The van der Waals surface area contributed by atoms with E-state index in [9.17, 15) is 0 Å². The summed E-state index contributed by atoms with van der Waals surface area (Å²) in [5, 5.41) is 9.01. The van der Waals surface area contributed by atoms with Gasteiger partial charge < -0.3 is 9.47 Å². The second kappa shape index (κ2) is 7.34. The molecule has 0 saturated heterocycles. The Labute approximate surface area is 153 Å². The van der Waals surface area contributed by atoms with Crippen molar-refractivity contribution in [3.63, 3.8) is 0 Å². The molecule has 0 atom stereocenters. The summed E-state index contributed by atoms with van der Waals surface area (Å²) in [6.07, 6.45) is 1.48. The van der Waals surface area contributed by atoms with Gasteiger partial charge in [-0.25, -0.2) is 15.0 Å². The second-order valence-corrected chi connectivity index (χ2v) is 5.47. The number of para-hydroxylation sites is 2. The van der Waals surface area contributed by atoms with E-state index in [4.69, 9.17) is 37.9 Å². The predicted molar refractivity (Wildman–Crippen MR) is 93.1 cm³/mol. The molecule has 0 amide bonds. The first-order valence-corrected chi connectivity index (χ1v) is 7.78. The summed E-state index contributed by atoms with van der Waals surface area (Å²) in [7, 11) is 1.53. The summed E-state index contributed by atoms with van der Waals surface area (Å²) in [5.41, 5.74) is 0.807. The van der Waals surface area contributed by atoms with Crippen LogP contribution in [0.1, 0.15) is 5.69 Å². The van der Waals surface area contributed by atoms with Gasteiger partial charge in [0.25, 0.3) is 0 Å². The molecule has 124 valence electrons. The van der Waals surface area contributed by atoms with E-state index in [1.54, 1.807) is 30.3 Å². The number of nitriles is 1. The maximum atomic E-state index is 8.94. The average Bonchev–Trinajstić information content (AvgIpc) is 2.64. The molecule has 0 spiro atoms. The number of ether oxygens (including phenoxy) is 2. The standard InChI is InChI=1S/C17H10Cl2N4O2/c1-24-12-4-2-3-5-13(12)25-14-15(18)22-17(23-16(14)19)10-6-7-21-11(8-10)9-20/h2-8H,1H3. The van der Waals surface area contributed by atoms with Gasteiger partial charge in [-0.15, -0.1) is 0 Å². The minimum Gasteiger partial charge on any atom is -0.493 e. The molecule has 0 N–H and O–H groups in total. The van der Waals surface area contributed by atoms with Crippen LogP contribution >= 0.6 is 23.2 Å². The van der Waals surface area contributed by atoms with Crippen molar-refractivity contribution in [3.8, 4) is 34.7 Å². The van der Waals surface area contributed by atoms with Crippen molar-refractivity contribution in [1.29, 1.82) is 5.26 Å². The van der Waals surface area contributed by atoms with Crippen LogP contribution < -0.4 is 9.47 Å². The molecular weight excluding hydrogens is 363 g/mol. The Kier molecular flexibility index (Phi) is 4.98. The monoisotopic (exact) mass is 372 g/mol. The number of halogens is 2. The molecule has 1 aromatic carbocycles. The van der Waals surface area contributed by atoms with Crippen LogP contribution in [0.5, 0.6) is 17.2 Å². The predicted octanol–water partition coefficient (Wildman–Crippen LogP) is 4.52. The van der Waals surface area contributed by atoms with Gasteiger partial charge in [0.05, 0.1) is 7.11 Å². The summed E-state index contributed by atoms with van der Waals surface area (Å²) in [6.45, 7) is 0. The fourth-order valence-electron chi connectivity index (χ4n) is 2.05. The summed E-state index contributed by atoms with van der Waals surface area (Å²) in [5.74, 6) is 1.33. The first-order chi connectivity index (χ1) is 12.1. The summed E-state index contributed by atoms with van der Waals surface area (Å²) < 4.78 is 10.9. The highest BCUT2D eigenvalue weighted by molar-refractivity contribution is 6.35. The third-order valence-corrected chi connectivity index (χ3v) is 3.71. The Bertz CT molecular complexity index is 950. The number of hydrogen-bond acceptors (Lipinski definition) is 6. The zero-order valence-electron chi connectivity index (χ0n) is 12.9. The van der Waals surface area contributed by atoms with Crippen LogP contribution in [0.4, 0.5) is 0 Å². The molecule has 0 aliphatic carbocycles. The first-order valence-electron chi connectivity index (χ1n) is 7.03. The molecule has 8 heteroatoms. The molecule has 0 saturated carbocycles. The molecule has 0 bridgehead atoms. The van der Waals surface area contributed by atoms with E-state index in [1.165, 1.54) is 13.3 Å². The first kappa shape index (κ1) is 17.0. The molecule has 0 aliphatic rings. The van der Waals surface area contributed by atoms with Crippen LogP contribution in [-0.2, 0) is 0 Å². The number of methoxy groups -OCH3 is 1. The Morgan fingerprint density at radius 3 is 2.36 bits per heavy atom. The van der Waals surface area contributed by atoms with Gasteiger partial charge in [0.2, 0.25) is 5.75 Å². The zero-order chi connectivity index (χ0) is 17.8. The Balaban J connectivity index is 1.99. The number of aromatic nitrogens is 3. The topological polar surface area (TPSA) is 80.9 Å². The summed E-state index contributed by atoms with van der Waals surface area (Å²) in [6, 6.07) is 12.2. The van der Waals surface area contributed by atoms with Crippen LogP contribution in [-0.4, -0.2) is 22.1 Å². The van der Waals surface area contributed by atoms with E-state index in [1.807, 2.05) is 12.1 Å². The van der Waals surface area contributed by atoms with E-state index in [0.717, 1.165) is 0 Å². The number of nitrogens with zero attached hydrogens (tertiary/aromatic N) is 4. The van der Waals surface area contributed by atoms with Crippen molar-refractivity contribution < 1.29 is 9.47 Å². The highest BCUT2D eigenvalue weighted by atomic mass is 35.5. The largest absolute Gasteiger partial charge is 0.493 e. The molecule has 25 heavy (non-hydrogen) atoms. The third kappa shape index (κ3) is 3.63. The SMILES string of the molecule is COc1ccccc1Oc1c(Cl)nc(-c2ccnc(C#N)c2)nc1Cl. The Morgan fingerprint density at radius 1 is 1.04 bits per heavy atom.